The van der Waals surface area contributed by atoms with Gasteiger partial charge in [-0.05, 0) is 18.1 Å². The van der Waals surface area contributed by atoms with Crippen molar-refractivity contribution in [3.8, 4) is 11.7 Å². The van der Waals surface area contributed by atoms with Crippen LogP contribution in [0.3, 0.4) is 0 Å². The fourth-order valence-corrected chi connectivity index (χ4v) is 2.81. The monoisotopic (exact) mass is 337 g/mol. The van der Waals surface area contributed by atoms with E-state index in [1.54, 1.807) is 16.7 Å². The van der Waals surface area contributed by atoms with Gasteiger partial charge in [0.25, 0.3) is 15.9 Å². The van der Waals surface area contributed by atoms with Crippen molar-refractivity contribution in [2.75, 3.05) is 4.72 Å². The van der Waals surface area contributed by atoms with Crippen LogP contribution in [-0.4, -0.2) is 28.2 Å². The predicted molar refractivity (Wildman–Crippen MR) is 79.9 cm³/mol. The lowest BCUT2D eigenvalue weighted by Gasteiger charge is -2.04. The Kier molecular flexibility index (Phi) is 3.90. The molecule has 0 amide bonds. The van der Waals surface area contributed by atoms with Gasteiger partial charge in [0, 0.05) is 12.7 Å². The standard InChI is InChI=1S/C13H15N5O4S/c1-9(2)6-18-7-11(14-8-18)23(19,20)17-13-16-15-12(22-13)10-4-3-5-21-10/h3-5,7-9H,6H2,1-2H3,(H,16,17). The van der Waals surface area contributed by atoms with E-state index in [-0.39, 0.29) is 16.9 Å². The maximum atomic E-state index is 12.3. The molecule has 0 aliphatic rings. The van der Waals surface area contributed by atoms with Gasteiger partial charge < -0.3 is 13.4 Å². The highest BCUT2D eigenvalue weighted by molar-refractivity contribution is 7.92. The lowest BCUT2D eigenvalue weighted by molar-refractivity contribution is 0.521. The third-order valence-corrected chi connectivity index (χ3v) is 4.04. The van der Waals surface area contributed by atoms with E-state index in [2.05, 4.69) is 19.9 Å². The van der Waals surface area contributed by atoms with Gasteiger partial charge in [-0.15, -0.1) is 5.10 Å². The average Bonchev–Trinajstić information content (AvgIpc) is 3.17. The topological polar surface area (TPSA) is 116 Å². The van der Waals surface area contributed by atoms with E-state index in [1.807, 2.05) is 13.8 Å². The van der Waals surface area contributed by atoms with Crippen LogP contribution in [0.5, 0.6) is 0 Å². The third kappa shape index (κ3) is 3.42. The summed E-state index contributed by atoms with van der Waals surface area (Å²) in [6.07, 6.45) is 4.37. The zero-order valence-electron chi connectivity index (χ0n) is 12.5. The molecule has 0 unspecified atom stereocenters. The number of nitrogens with zero attached hydrogens (tertiary/aromatic N) is 4. The van der Waals surface area contributed by atoms with Crippen LogP contribution >= 0.6 is 0 Å². The number of sulfonamides is 1. The first kappa shape index (κ1) is 15.3. The Hall–Kier alpha value is -2.62. The number of aromatic nitrogens is 4. The summed E-state index contributed by atoms with van der Waals surface area (Å²) in [4.78, 5) is 3.90. The van der Waals surface area contributed by atoms with Crippen molar-refractivity contribution in [3.05, 3.63) is 30.9 Å². The van der Waals surface area contributed by atoms with E-state index in [0.717, 1.165) is 0 Å². The van der Waals surface area contributed by atoms with E-state index in [4.69, 9.17) is 8.83 Å². The maximum Gasteiger partial charge on any atom is 0.330 e. The Bertz CT molecular complexity index is 879. The number of imidazole rings is 1. The van der Waals surface area contributed by atoms with E-state index in [9.17, 15) is 8.42 Å². The van der Waals surface area contributed by atoms with Crippen molar-refractivity contribution in [2.24, 2.45) is 5.92 Å². The highest BCUT2D eigenvalue weighted by atomic mass is 32.2. The summed E-state index contributed by atoms with van der Waals surface area (Å²) >= 11 is 0. The number of furan rings is 1. The predicted octanol–water partition coefficient (Wildman–Crippen LogP) is 1.98. The Morgan fingerprint density at radius 2 is 2.17 bits per heavy atom. The normalized spacial score (nSPS) is 12.0. The second kappa shape index (κ2) is 5.88. The lowest BCUT2D eigenvalue weighted by atomic mass is 10.2. The van der Waals surface area contributed by atoms with Gasteiger partial charge in [0.2, 0.25) is 0 Å². The van der Waals surface area contributed by atoms with Crippen molar-refractivity contribution < 1.29 is 17.3 Å². The van der Waals surface area contributed by atoms with Crippen molar-refractivity contribution in [2.45, 2.75) is 25.4 Å². The fourth-order valence-electron chi connectivity index (χ4n) is 1.93. The molecule has 3 rings (SSSR count). The first-order valence-corrected chi connectivity index (χ1v) is 8.34. The van der Waals surface area contributed by atoms with Crippen LogP contribution in [-0.2, 0) is 16.6 Å². The number of nitrogens with one attached hydrogen (secondary N) is 1. The molecule has 3 heterocycles. The first-order valence-electron chi connectivity index (χ1n) is 6.86. The molecule has 0 aliphatic carbocycles. The molecule has 10 heteroatoms. The summed E-state index contributed by atoms with van der Waals surface area (Å²) in [5.74, 6) is 0.807. The fraction of sp³-hybridized carbons (Fsp3) is 0.308. The quantitative estimate of drug-likeness (QED) is 0.731. The molecule has 0 fully saturated rings. The minimum absolute atomic E-state index is 0.0815. The minimum atomic E-state index is -3.89. The molecular formula is C13H15N5O4S. The Balaban J connectivity index is 1.77. The molecule has 9 nitrogen and oxygen atoms in total. The molecule has 3 aromatic heterocycles. The smallest absolute Gasteiger partial charge is 0.330 e. The Morgan fingerprint density at radius 3 is 2.87 bits per heavy atom. The van der Waals surface area contributed by atoms with Crippen LogP contribution in [0, 0.1) is 5.92 Å². The van der Waals surface area contributed by atoms with Gasteiger partial charge in [-0.25, -0.2) is 9.71 Å². The van der Waals surface area contributed by atoms with Gasteiger partial charge in [0.05, 0.1) is 12.6 Å². The minimum Gasteiger partial charge on any atom is -0.459 e. The lowest BCUT2D eigenvalue weighted by Crippen LogP contribution is -2.13. The molecule has 0 radical (unpaired) electrons. The summed E-state index contributed by atoms with van der Waals surface area (Å²) in [5, 5.41) is 7.24. The zero-order valence-corrected chi connectivity index (χ0v) is 13.3. The van der Waals surface area contributed by atoms with Crippen molar-refractivity contribution >= 4 is 16.0 Å². The van der Waals surface area contributed by atoms with Gasteiger partial charge in [0.15, 0.2) is 10.8 Å². The molecule has 0 aromatic carbocycles. The molecule has 3 aromatic rings. The molecule has 0 saturated heterocycles. The van der Waals surface area contributed by atoms with E-state index in [1.165, 1.54) is 18.8 Å². The summed E-state index contributed by atoms with van der Waals surface area (Å²) in [6, 6.07) is 3.03. The van der Waals surface area contributed by atoms with E-state index < -0.39 is 10.0 Å². The SMILES string of the molecule is CC(C)Cn1cnc(S(=O)(=O)Nc2nnc(-c3ccco3)o2)c1. The molecule has 0 saturated carbocycles. The Morgan fingerprint density at radius 1 is 1.35 bits per heavy atom. The summed E-state index contributed by atoms with van der Waals surface area (Å²) < 4.78 is 38.7. The second-order valence-electron chi connectivity index (χ2n) is 5.30. The van der Waals surface area contributed by atoms with Gasteiger partial charge >= 0.3 is 6.01 Å². The van der Waals surface area contributed by atoms with Crippen molar-refractivity contribution in [1.29, 1.82) is 0 Å². The average molecular weight is 337 g/mol. The zero-order chi connectivity index (χ0) is 16.4. The molecule has 0 aliphatic heterocycles. The largest absolute Gasteiger partial charge is 0.459 e. The molecule has 0 bridgehead atoms. The highest BCUT2D eigenvalue weighted by Gasteiger charge is 2.21. The highest BCUT2D eigenvalue weighted by Crippen LogP contribution is 2.21. The molecule has 23 heavy (non-hydrogen) atoms. The van der Waals surface area contributed by atoms with Crippen LogP contribution < -0.4 is 4.72 Å². The van der Waals surface area contributed by atoms with Crippen molar-refractivity contribution in [1.82, 2.24) is 19.7 Å². The van der Waals surface area contributed by atoms with Crippen molar-refractivity contribution in [3.63, 3.8) is 0 Å². The van der Waals surface area contributed by atoms with Crippen LogP contribution in [0.15, 0.2) is 44.8 Å². The third-order valence-electron chi connectivity index (χ3n) is 2.84. The number of rotatable bonds is 6. The molecule has 1 N–H and O–H groups in total. The van der Waals surface area contributed by atoms with Gasteiger partial charge in [-0.1, -0.05) is 18.9 Å². The molecule has 0 atom stereocenters. The Labute approximate surface area is 132 Å². The number of anilines is 1. The van der Waals surface area contributed by atoms with E-state index in [0.29, 0.717) is 18.2 Å². The van der Waals surface area contributed by atoms with Crippen LogP contribution in [0.1, 0.15) is 13.8 Å². The van der Waals surface area contributed by atoms with Gasteiger partial charge in [0.1, 0.15) is 0 Å². The molecule has 122 valence electrons. The van der Waals surface area contributed by atoms with Gasteiger partial charge in [-0.2, -0.15) is 8.42 Å². The second-order valence-corrected chi connectivity index (χ2v) is 6.93. The summed E-state index contributed by atoms with van der Waals surface area (Å²) in [6.45, 7) is 4.73. The molecule has 0 spiro atoms. The van der Waals surface area contributed by atoms with Crippen LogP contribution in [0.4, 0.5) is 6.01 Å². The maximum absolute atomic E-state index is 12.3. The summed E-state index contributed by atoms with van der Waals surface area (Å²) in [7, 11) is -3.89. The summed E-state index contributed by atoms with van der Waals surface area (Å²) in [5.41, 5.74) is 0. The first-order chi connectivity index (χ1) is 10.9. The number of hydrogen-bond donors (Lipinski definition) is 1. The molecular weight excluding hydrogens is 322 g/mol. The van der Waals surface area contributed by atoms with Crippen LogP contribution in [0.25, 0.3) is 11.7 Å². The van der Waals surface area contributed by atoms with E-state index >= 15 is 0 Å². The van der Waals surface area contributed by atoms with Gasteiger partial charge in [-0.3, -0.25) is 0 Å². The van der Waals surface area contributed by atoms with Crippen LogP contribution in [0.2, 0.25) is 0 Å². The number of hydrogen-bond acceptors (Lipinski definition) is 7.